The maximum absolute atomic E-state index is 6.56. The lowest BCUT2D eigenvalue weighted by Crippen LogP contribution is -2.48. The standard InChI is InChI=1S/C19H14N2/c20-19(21)14-5-1-3-11-7-9-13-10-8-12-4-2-6-15(19)17(12)18(13)16(11)14/h1-10H,20-21H2. The summed E-state index contributed by atoms with van der Waals surface area (Å²) >= 11 is 0. The third kappa shape index (κ3) is 1.20. The van der Waals surface area contributed by atoms with Gasteiger partial charge in [0.1, 0.15) is 5.66 Å². The van der Waals surface area contributed by atoms with Crippen molar-refractivity contribution in [3.63, 3.8) is 0 Å². The SMILES string of the molecule is NC1(N)c2cccc3ccc4ccc5cccc1c5c4c23. The van der Waals surface area contributed by atoms with Crippen LogP contribution in [0.2, 0.25) is 0 Å². The summed E-state index contributed by atoms with van der Waals surface area (Å²) in [6.45, 7) is 0. The van der Waals surface area contributed by atoms with E-state index in [0.29, 0.717) is 0 Å². The van der Waals surface area contributed by atoms with E-state index >= 15 is 0 Å². The number of rotatable bonds is 0. The highest BCUT2D eigenvalue weighted by Gasteiger charge is 2.33. The van der Waals surface area contributed by atoms with Crippen LogP contribution in [0, 0.1) is 0 Å². The minimum atomic E-state index is -0.943. The third-order valence-corrected chi connectivity index (χ3v) is 4.76. The first kappa shape index (κ1) is 11.3. The van der Waals surface area contributed by atoms with Crippen LogP contribution in [0.25, 0.3) is 32.3 Å². The van der Waals surface area contributed by atoms with Gasteiger partial charge in [0.15, 0.2) is 0 Å². The molecule has 100 valence electrons. The van der Waals surface area contributed by atoms with Crippen molar-refractivity contribution < 1.29 is 0 Å². The monoisotopic (exact) mass is 270 g/mol. The van der Waals surface area contributed by atoms with Crippen LogP contribution in [0.5, 0.6) is 0 Å². The molecule has 2 nitrogen and oxygen atoms in total. The molecule has 0 heterocycles. The summed E-state index contributed by atoms with van der Waals surface area (Å²) in [4.78, 5) is 0. The lowest BCUT2D eigenvalue weighted by Gasteiger charge is -2.33. The fraction of sp³-hybridized carbons (Fsp3) is 0.0526. The Hall–Kier alpha value is -2.42. The third-order valence-electron chi connectivity index (χ3n) is 4.76. The molecule has 0 bridgehead atoms. The minimum absolute atomic E-state index is 0.943. The summed E-state index contributed by atoms with van der Waals surface area (Å²) in [5.74, 6) is 0. The van der Waals surface area contributed by atoms with E-state index in [4.69, 9.17) is 11.5 Å². The van der Waals surface area contributed by atoms with Crippen LogP contribution < -0.4 is 11.5 Å². The quantitative estimate of drug-likeness (QED) is 0.379. The van der Waals surface area contributed by atoms with Gasteiger partial charge in [-0.2, -0.15) is 0 Å². The van der Waals surface area contributed by atoms with Crippen molar-refractivity contribution in [2.45, 2.75) is 5.66 Å². The van der Waals surface area contributed by atoms with Gasteiger partial charge in [-0.25, -0.2) is 0 Å². The fourth-order valence-electron chi connectivity index (χ4n) is 3.81. The number of hydrogen-bond donors (Lipinski definition) is 2. The largest absolute Gasteiger partial charge is 0.306 e. The summed E-state index contributed by atoms with van der Waals surface area (Å²) in [7, 11) is 0. The molecule has 4 N–H and O–H groups in total. The summed E-state index contributed by atoms with van der Waals surface area (Å²) in [6, 6.07) is 21.1. The van der Waals surface area contributed by atoms with Crippen LogP contribution in [0.1, 0.15) is 11.1 Å². The van der Waals surface area contributed by atoms with Crippen molar-refractivity contribution in [2.75, 3.05) is 0 Å². The van der Waals surface area contributed by atoms with Gasteiger partial charge in [-0.05, 0) is 43.4 Å². The van der Waals surface area contributed by atoms with E-state index in [-0.39, 0.29) is 0 Å². The molecule has 2 heteroatoms. The van der Waals surface area contributed by atoms with Crippen LogP contribution in [-0.2, 0) is 5.66 Å². The number of benzene rings is 4. The molecule has 0 fully saturated rings. The maximum Gasteiger partial charge on any atom is 0.118 e. The lowest BCUT2D eigenvalue weighted by molar-refractivity contribution is 0.577. The molecule has 0 unspecified atom stereocenters. The van der Waals surface area contributed by atoms with Crippen LogP contribution in [0.15, 0.2) is 60.7 Å². The Labute approximate surface area is 122 Å². The number of hydrogen-bond acceptors (Lipinski definition) is 2. The second-order valence-electron chi connectivity index (χ2n) is 5.91. The van der Waals surface area contributed by atoms with Gasteiger partial charge < -0.3 is 11.5 Å². The zero-order valence-electron chi connectivity index (χ0n) is 11.4. The van der Waals surface area contributed by atoms with Gasteiger partial charge in [0.05, 0.1) is 0 Å². The molecule has 21 heavy (non-hydrogen) atoms. The molecule has 0 saturated carbocycles. The molecule has 4 aromatic rings. The highest BCUT2D eigenvalue weighted by Crippen LogP contribution is 2.44. The Morgan fingerprint density at radius 1 is 0.524 bits per heavy atom. The van der Waals surface area contributed by atoms with Gasteiger partial charge in [-0.15, -0.1) is 0 Å². The maximum atomic E-state index is 6.56. The first-order valence-corrected chi connectivity index (χ1v) is 7.14. The van der Waals surface area contributed by atoms with Gasteiger partial charge >= 0.3 is 0 Å². The second-order valence-corrected chi connectivity index (χ2v) is 5.91. The lowest BCUT2D eigenvalue weighted by atomic mass is 9.78. The molecular formula is C19H14N2. The zero-order chi connectivity index (χ0) is 14.2. The van der Waals surface area contributed by atoms with E-state index < -0.39 is 5.66 Å². The second kappa shape index (κ2) is 3.42. The average molecular weight is 270 g/mol. The molecule has 5 rings (SSSR count). The van der Waals surface area contributed by atoms with Crippen LogP contribution in [-0.4, -0.2) is 0 Å². The van der Waals surface area contributed by atoms with Gasteiger partial charge in [-0.3, -0.25) is 0 Å². The molecule has 4 aromatic carbocycles. The van der Waals surface area contributed by atoms with Crippen molar-refractivity contribution in [2.24, 2.45) is 11.5 Å². The van der Waals surface area contributed by atoms with Gasteiger partial charge in [0.25, 0.3) is 0 Å². The zero-order valence-corrected chi connectivity index (χ0v) is 11.4. The summed E-state index contributed by atoms with van der Waals surface area (Å²) in [5.41, 5.74) is 14.2. The Morgan fingerprint density at radius 2 is 0.952 bits per heavy atom. The van der Waals surface area contributed by atoms with Crippen LogP contribution in [0.4, 0.5) is 0 Å². The normalized spacial score (nSPS) is 15.5. The van der Waals surface area contributed by atoms with Crippen LogP contribution in [0.3, 0.4) is 0 Å². The van der Waals surface area contributed by atoms with Crippen molar-refractivity contribution in [1.29, 1.82) is 0 Å². The van der Waals surface area contributed by atoms with Gasteiger partial charge in [0, 0.05) is 0 Å². The smallest absolute Gasteiger partial charge is 0.118 e. The van der Waals surface area contributed by atoms with Crippen molar-refractivity contribution >= 4 is 32.3 Å². The van der Waals surface area contributed by atoms with Crippen molar-refractivity contribution in [1.82, 2.24) is 0 Å². The molecule has 1 aliphatic carbocycles. The highest BCUT2D eigenvalue weighted by molar-refractivity contribution is 6.24. The summed E-state index contributed by atoms with van der Waals surface area (Å²) in [6.07, 6.45) is 0. The van der Waals surface area contributed by atoms with Gasteiger partial charge in [-0.1, -0.05) is 60.7 Å². The van der Waals surface area contributed by atoms with E-state index in [0.717, 1.165) is 11.1 Å². The topological polar surface area (TPSA) is 52.0 Å². The average Bonchev–Trinajstić information content (AvgIpc) is 2.51. The summed E-state index contributed by atoms with van der Waals surface area (Å²) < 4.78 is 0. The molecule has 0 spiro atoms. The first-order chi connectivity index (χ1) is 10.2. The molecule has 1 aliphatic rings. The Balaban J connectivity index is 2.27. The van der Waals surface area contributed by atoms with E-state index in [1.165, 1.54) is 32.3 Å². The van der Waals surface area contributed by atoms with Gasteiger partial charge in [0.2, 0.25) is 0 Å². The number of nitrogens with two attached hydrogens (primary N) is 2. The molecule has 0 amide bonds. The van der Waals surface area contributed by atoms with Crippen LogP contribution >= 0.6 is 0 Å². The molecule has 0 aliphatic heterocycles. The Morgan fingerprint density at radius 3 is 1.43 bits per heavy atom. The highest BCUT2D eigenvalue weighted by atomic mass is 15.0. The minimum Gasteiger partial charge on any atom is -0.306 e. The first-order valence-electron chi connectivity index (χ1n) is 7.14. The predicted molar refractivity (Wildman–Crippen MR) is 88.1 cm³/mol. The molecule has 0 atom stereocenters. The molecular weight excluding hydrogens is 256 g/mol. The Bertz CT molecular complexity index is 981. The molecule has 0 aromatic heterocycles. The van der Waals surface area contributed by atoms with Crippen molar-refractivity contribution in [3.05, 3.63) is 71.8 Å². The van der Waals surface area contributed by atoms with E-state index in [1.54, 1.807) is 0 Å². The Kier molecular flexibility index (Phi) is 1.84. The molecule has 0 radical (unpaired) electrons. The van der Waals surface area contributed by atoms with E-state index in [9.17, 15) is 0 Å². The fourth-order valence-corrected chi connectivity index (χ4v) is 3.81. The molecule has 0 saturated heterocycles. The van der Waals surface area contributed by atoms with E-state index in [1.807, 2.05) is 12.1 Å². The summed E-state index contributed by atoms with van der Waals surface area (Å²) in [5, 5.41) is 7.31. The van der Waals surface area contributed by atoms with E-state index in [2.05, 4.69) is 48.5 Å². The van der Waals surface area contributed by atoms with Crippen molar-refractivity contribution in [3.8, 4) is 0 Å². The predicted octanol–water partition coefficient (Wildman–Crippen LogP) is 3.58.